The van der Waals surface area contributed by atoms with Crippen molar-refractivity contribution in [2.75, 3.05) is 27.3 Å². The first-order valence-corrected chi connectivity index (χ1v) is 9.95. The molecule has 1 unspecified atom stereocenters. The van der Waals surface area contributed by atoms with E-state index in [4.69, 9.17) is 9.47 Å². The second kappa shape index (κ2) is 7.36. The standard InChI is InChI=1S/C19H24N4O3S/c1-12-20-19-23(21-12)18(24)17(27-19)15(22-10-5-4-6-11-22)13-8-7-9-14(25-2)16(13)26-3/h7-9,15,24H,4-6,10-11H2,1-3H3. The Labute approximate surface area is 162 Å². The molecule has 0 bridgehead atoms. The van der Waals surface area contributed by atoms with Crippen LogP contribution >= 0.6 is 11.3 Å². The van der Waals surface area contributed by atoms with Gasteiger partial charge in [0.1, 0.15) is 5.82 Å². The number of para-hydroxylation sites is 1. The summed E-state index contributed by atoms with van der Waals surface area (Å²) < 4.78 is 12.7. The number of aryl methyl sites for hydroxylation is 1. The van der Waals surface area contributed by atoms with Crippen molar-refractivity contribution in [1.29, 1.82) is 0 Å². The molecular weight excluding hydrogens is 364 g/mol. The summed E-state index contributed by atoms with van der Waals surface area (Å²) >= 11 is 1.48. The van der Waals surface area contributed by atoms with Gasteiger partial charge >= 0.3 is 0 Å². The van der Waals surface area contributed by atoms with Gasteiger partial charge in [0.05, 0.1) is 25.1 Å². The quantitative estimate of drug-likeness (QED) is 0.722. The fourth-order valence-corrected chi connectivity index (χ4v) is 4.99. The predicted molar refractivity (Wildman–Crippen MR) is 104 cm³/mol. The predicted octanol–water partition coefficient (Wildman–Crippen LogP) is 3.40. The zero-order valence-corrected chi connectivity index (χ0v) is 16.6. The molecule has 3 aromatic rings. The largest absolute Gasteiger partial charge is 0.493 e. The summed E-state index contributed by atoms with van der Waals surface area (Å²) in [4.78, 5) is 8.36. The summed E-state index contributed by atoms with van der Waals surface area (Å²) in [6.07, 6.45) is 3.52. The third-order valence-electron chi connectivity index (χ3n) is 5.04. The number of nitrogens with zero attached hydrogens (tertiary/aromatic N) is 4. The number of fused-ring (bicyclic) bond motifs is 1. The van der Waals surface area contributed by atoms with E-state index < -0.39 is 0 Å². The lowest BCUT2D eigenvalue weighted by Gasteiger charge is -2.35. The molecule has 1 aliphatic heterocycles. The SMILES string of the molecule is COc1cccc(C(c2sc3nc(C)nn3c2O)N2CCCCC2)c1OC. The van der Waals surface area contributed by atoms with Crippen LogP contribution in [0.25, 0.3) is 4.96 Å². The lowest BCUT2D eigenvalue weighted by Crippen LogP contribution is -2.34. The Balaban J connectivity index is 1.89. The molecule has 27 heavy (non-hydrogen) atoms. The molecule has 0 saturated carbocycles. The maximum absolute atomic E-state index is 10.9. The third-order valence-corrected chi connectivity index (χ3v) is 6.11. The molecule has 3 heterocycles. The van der Waals surface area contributed by atoms with Gasteiger partial charge in [-0.1, -0.05) is 29.9 Å². The number of likely N-dealkylation sites (tertiary alicyclic amines) is 1. The van der Waals surface area contributed by atoms with E-state index in [1.54, 1.807) is 14.2 Å². The van der Waals surface area contributed by atoms with Gasteiger partial charge in [-0.2, -0.15) is 4.52 Å². The fourth-order valence-electron chi connectivity index (χ4n) is 3.83. The Bertz CT molecular complexity index is 946. The van der Waals surface area contributed by atoms with Gasteiger partial charge in [-0.15, -0.1) is 5.10 Å². The second-order valence-electron chi connectivity index (χ2n) is 6.73. The maximum atomic E-state index is 10.9. The number of aromatic hydroxyl groups is 1. The van der Waals surface area contributed by atoms with Gasteiger partial charge in [-0.3, -0.25) is 4.90 Å². The highest BCUT2D eigenvalue weighted by Gasteiger charge is 2.33. The fraction of sp³-hybridized carbons (Fsp3) is 0.474. The van der Waals surface area contributed by atoms with Gasteiger partial charge in [0, 0.05) is 5.56 Å². The molecule has 0 spiro atoms. The lowest BCUT2D eigenvalue weighted by molar-refractivity contribution is 0.183. The van der Waals surface area contributed by atoms with E-state index in [-0.39, 0.29) is 11.9 Å². The van der Waals surface area contributed by atoms with Gasteiger partial charge < -0.3 is 14.6 Å². The minimum absolute atomic E-state index is 0.135. The number of aromatic nitrogens is 3. The summed E-state index contributed by atoms with van der Waals surface area (Å²) in [6, 6.07) is 5.76. The molecule has 1 saturated heterocycles. The number of thiazole rings is 1. The molecule has 7 nitrogen and oxygen atoms in total. The van der Waals surface area contributed by atoms with Crippen LogP contribution < -0.4 is 9.47 Å². The van der Waals surface area contributed by atoms with Crippen LogP contribution in [-0.4, -0.2) is 51.9 Å². The molecule has 1 fully saturated rings. The van der Waals surface area contributed by atoms with Crippen LogP contribution in [0.4, 0.5) is 0 Å². The first-order chi connectivity index (χ1) is 13.1. The van der Waals surface area contributed by atoms with Gasteiger partial charge in [-0.25, -0.2) is 4.98 Å². The monoisotopic (exact) mass is 388 g/mol. The first kappa shape index (κ1) is 18.1. The average Bonchev–Trinajstić information content (AvgIpc) is 3.20. The topological polar surface area (TPSA) is 72.1 Å². The van der Waals surface area contributed by atoms with Crippen molar-refractivity contribution in [1.82, 2.24) is 19.5 Å². The van der Waals surface area contributed by atoms with Crippen molar-refractivity contribution in [3.63, 3.8) is 0 Å². The number of methoxy groups -OCH3 is 2. The van der Waals surface area contributed by atoms with E-state index in [1.807, 2.05) is 25.1 Å². The van der Waals surface area contributed by atoms with Crippen LogP contribution in [0.15, 0.2) is 18.2 Å². The van der Waals surface area contributed by atoms with Crippen LogP contribution in [0.1, 0.15) is 41.6 Å². The highest BCUT2D eigenvalue weighted by atomic mass is 32.1. The zero-order valence-electron chi connectivity index (χ0n) is 15.8. The molecule has 144 valence electrons. The van der Waals surface area contributed by atoms with E-state index in [0.717, 1.165) is 36.4 Å². The van der Waals surface area contributed by atoms with E-state index in [1.165, 1.54) is 22.3 Å². The Hall–Kier alpha value is -2.32. The van der Waals surface area contributed by atoms with Crippen molar-refractivity contribution in [3.8, 4) is 17.4 Å². The Kier molecular flexibility index (Phi) is 4.92. The van der Waals surface area contributed by atoms with Crippen molar-refractivity contribution >= 4 is 16.3 Å². The number of ether oxygens (including phenoxy) is 2. The van der Waals surface area contributed by atoms with Crippen LogP contribution in [-0.2, 0) is 0 Å². The summed E-state index contributed by atoms with van der Waals surface area (Å²) in [6.45, 7) is 3.76. The number of hydrogen-bond acceptors (Lipinski definition) is 7. The molecule has 1 aromatic carbocycles. The molecule has 0 aliphatic carbocycles. The van der Waals surface area contributed by atoms with E-state index in [9.17, 15) is 5.11 Å². The Morgan fingerprint density at radius 1 is 1.15 bits per heavy atom. The summed E-state index contributed by atoms with van der Waals surface area (Å²) in [5, 5.41) is 15.2. The molecule has 2 aromatic heterocycles. The van der Waals surface area contributed by atoms with E-state index >= 15 is 0 Å². The third kappa shape index (κ3) is 3.12. The number of benzene rings is 1. The molecule has 0 amide bonds. The molecule has 0 radical (unpaired) electrons. The van der Waals surface area contributed by atoms with Gasteiger partial charge in [0.15, 0.2) is 11.5 Å². The molecule has 1 atom stereocenters. The lowest BCUT2D eigenvalue weighted by atomic mass is 9.99. The average molecular weight is 388 g/mol. The molecule has 1 aliphatic rings. The normalized spacial score (nSPS) is 16.6. The first-order valence-electron chi connectivity index (χ1n) is 9.14. The Morgan fingerprint density at radius 3 is 2.59 bits per heavy atom. The minimum Gasteiger partial charge on any atom is -0.493 e. The smallest absolute Gasteiger partial charge is 0.230 e. The Morgan fingerprint density at radius 2 is 1.93 bits per heavy atom. The number of hydrogen-bond donors (Lipinski definition) is 1. The van der Waals surface area contributed by atoms with E-state index in [2.05, 4.69) is 15.0 Å². The minimum atomic E-state index is -0.135. The van der Waals surface area contributed by atoms with Crippen molar-refractivity contribution in [2.45, 2.75) is 32.2 Å². The van der Waals surface area contributed by atoms with Gasteiger partial charge in [0.2, 0.25) is 10.8 Å². The molecule has 8 heteroatoms. The van der Waals surface area contributed by atoms with Crippen LogP contribution in [0.3, 0.4) is 0 Å². The van der Waals surface area contributed by atoms with Gasteiger partial charge in [0.25, 0.3) is 0 Å². The molecule has 1 N–H and O–H groups in total. The van der Waals surface area contributed by atoms with Crippen molar-refractivity contribution < 1.29 is 14.6 Å². The number of piperidine rings is 1. The molecule has 4 rings (SSSR count). The number of rotatable bonds is 5. The zero-order chi connectivity index (χ0) is 19.0. The van der Waals surface area contributed by atoms with Crippen molar-refractivity contribution in [2.24, 2.45) is 0 Å². The van der Waals surface area contributed by atoms with Crippen molar-refractivity contribution in [3.05, 3.63) is 34.5 Å². The van der Waals surface area contributed by atoms with Crippen LogP contribution in [0, 0.1) is 6.92 Å². The summed E-state index contributed by atoms with van der Waals surface area (Å²) in [5.41, 5.74) is 0.982. The van der Waals surface area contributed by atoms with E-state index in [0.29, 0.717) is 22.3 Å². The highest BCUT2D eigenvalue weighted by molar-refractivity contribution is 7.17. The van der Waals surface area contributed by atoms with Gasteiger partial charge in [-0.05, 0) is 38.9 Å². The summed E-state index contributed by atoms with van der Waals surface area (Å²) in [7, 11) is 3.29. The molecular formula is C19H24N4O3S. The van der Waals surface area contributed by atoms with Crippen LogP contribution in [0.2, 0.25) is 0 Å². The second-order valence-corrected chi connectivity index (χ2v) is 7.73. The van der Waals surface area contributed by atoms with Crippen LogP contribution in [0.5, 0.6) is 17.4 Å². The highest BCUT2D eigenvalue weighted by Crippen LogP contribution is 2.45. The summed E-state index contributed by atoms with van der Waals surface area (Å²) in [5.74, 6) is 2.18. The maximum Gasteiger partial charge on any atom is 0.230 e.